The van der Waals surface area contributed by atoms with E-state index in [1.165, 1.54) is 0 Å². The number of carbonyl (C=O) groups is 1. The number of halogens is 1. The molecule has 0 spiro atoms. The zero-order valence-electron chi connectivity index (χ0n) is 10.1. The predicted octanol–water partition coefficient (Wildman–Crippen LogP) is 1.71. The van der Waals surface area contributed by atoms with Gasteiger partial charge in [0.25, 0.3) is 0 Å². The largest absolute Gasteiger partial charge is 0.340 e. The van der Waals surface area contributed by atoms with Crippen molar-refractivity contribution in [2.24, 2.45) is 0 Å². The summed E-state index contributed by atoms with van der Waals surface area (Å²) < 4.78 is 0. The second kappa shape index (κ2) is 4.83. The molecule has 1 fully saturated rings. The summed E-state index contributed by atoms with van der Waals surface area (Å²) in [5, 5.41) is 0. The van der Waals surface area contributed by atoms with Crippen molar-refractivity contribution in [3.8, 4) is 0 Å². The first-order valence-corrected chi connectivity index (χ1v) is 6.36. The van der Waals surface area contributed by atoms with Gasteiger partial charge < -0.3 is 9.80 Å². The number of hydrogen-bond acceptors (Lipinski definition) is 2. The summed E-state index contributed by atoms with van der Waals surface area (Å²) in [6.45, 7) is 6.04. The van der Waals surface area contributed by atoms with Crippen molar-refractivity contribution < 1.29 is 4.79 Å². The SMILES string of the molecule is CN(C)C(C)(C)CN1CCCC(Br)C1=O. The molecule has 15 heavy (non-hydrogen) atoms. The molecule has 0 N–H and O–H groups in total. The summed E-state index contributed by atoms with van der Waals surface area (Å²) in [4.78, 5) is 16.1. The molecule has 0 aromatic heterocycles. The molecule has 4 heteroatoms. The molecule has 0 aromatic rings. The highest BCUT2D eigenvalue weighted by Gasteiger charge is 2.31. The fourth-order valence-electron chi connectivity index (χ4n) is 1.66. The van der Waals surface area contributed by atoms with E-state index in [4.69, 9.17) is 0 Å². The molecule has 0 saturated carbocycles. The molecule has 1 unspecified atom stereocenters. The van der Waals surface area contributed by atoms with Gasteiger partial charge >= 0.3 is 0 Å². The van der Waals surface area contributed by atoms with Crippen LogP contribution in [0.5, 0.6) is 0 Å². The van der Waals surface area contributed by atoms with E-state index in [9.17, 15) is 4.79 Å². The number of alkyl halides is 1. The minimum Gasteiger partial charge on any atom is -0.340 e. The maximum atomic E-state index is 11.9. The van der Waals surface area contributed by atoms with Gasteiger partial charge in [-0.05, 0) is 40.8 Å². The average Bonchev–Trinajstić information content (AvgIpc) is 2.12. The zero-order valence-corrected chi connectivity index (χ0v) is 11.7. The molecule has 0 aliphatic carbocycles. The quantitative estimate of drug-likeness (QED) is 0.733. The van der Waals surface area contributed by atoms with Crippen molar-refractivity contribution in [1.82, 2.24) is 9.80 Å². The summed E-state index contributed by atoms with van der Waals surface area (Å²) >= 11 is 3.43. The Morgan fingerprint density at radius 1 is 1.53 bits per heavy atom. The molecule has 3 nitrogen and oxygen atoms in total. The highest BCUT2D eigenvalue weighted by atomic mass is 79.9. The average molecular weight is 277 g/mol. The molecule has 1 saturated heterocycles. The summed E-state index contributed by atoms with van der Waals surface area (Å²) in [6.07, 6.45) is 2.07. The fraction of sp³-hybridized carbons (Fsp3) is 0.909. The van der Waals surface area contributed by atoms with Crippen LogP contribution in [0.4, 0.5) is 0 Å². The molecule has 1 heterocycles. The molecule has 0 aromatic carbocycles. The van der Waals surface area contributed by atoms with Gasteiger partial charge in [-0.3, -0.25) is 4.79 Å². The van der Waals surface area contributed by atoms with E-state index >= 15 is 0 Å². The molecule has 1 aliphatic heterocycles. The monoisotopic (exact) mass is 276 g/mol. The van der Waals surface area contributed by atoms with Crippen molar-refractivity contribution in [3.05, 3.63) is 0 Å². The number of hydrogen-bond donors (Lipinski definition) is 0. The van der Waals surface area contributed by atoms with Crippen LogP contribution in [-0.2, 0) is 4.79 Å². The minimum absolute atomic E-state index is 0.0317. The lowest BCUT2D eigenvalue weighted by atomic mass is 10.0. The number of likely N-dealkylation sites (N-methyl/N-ethyl adjacent to an activating group) is 1. The first-order valence-electron chi connectivity index (χ1n) is 5.45. The Morgan fingerprint density at radius 2 is 2.13 bits per heavy atom. The number of amides is 1. The van der Waals surface area contributed by atoms with Crippen molar-refractivity contribution >= 4 is 21.8 Å². The highest BCUT2D eigenvalue weighted by Crippen LogP contribution is 2.21. The Kier molecular flexibility index (Phi) is 4.18. The summed E-state index contributed by atoms with van der Waals surface area (Å²) in [5.41, 5.74) is 0.0414. The van der Waals surface area contributed by atoms with Gasteiger partial charge in [0.1, 0.15) is 0 Å². The predicted molar refractivity (Wildman–Crippen MR) is 66.3 cm³/mol. The summed E-state index contributed by atoms with van der Waals surface area (Å²) in [5.74, 6) is 0.246. The van der Waals surface area contributed by atoms with Crippen LogP contribution in [-0.4, -0.2) is 53.3 Å². The van der Waals surface area contributed by atoms with Crippen LogP contribution < -0.4 is 0 Å². The molecule has 1 atom stereocenters. The maximum Gasteiger partial charge on any atom is 0.236 e. The minimum atomic E-state index is 0.0317. The first-order chi connectivity index (χ1) is 6.84. The van der Waals surface area contributed by atoms with E-state index in [0.29, 0.717) is 0 Å². The fourth-order valence-corrected chi connectivity index (χ4v) is 2.27. The lowest BCUT2D eigenvalue weighted by Crippen LogP contribution is -2.53. The van der Waals surface area contributed by atoms with Gasteiger partial charge in [0.15, 0.2) is 0 Å². The smallest absolute Gasteiger partial charge is 0.236 e. The van der Waals surface area contributed by atoms with Crippen LogP contribution >= 0.6 is 15.9 Å². The molecule has 1 aliphatic rings. The Morgan fingerprint density at radius 3 is 2.67 bits per heavy atom. The second-order valence-corrected chi connectivity index (χ2v) is 6.18. The molecule has 1 rings (SSSR count). The third-order valence-electron chi connectivity index (χ3n) is 3.25. The number of piperidine rings is 1. The highest BCUT2D eigenvalue weighted by molar-refractivity contribution is 9.10. The van der Waals surface area contributed by atoms with Gasteiger partial charge in [0.2, 0.25) is 5.91 Å². The number of nitrogens with zero attached hydrogens (tertiary/aromatic N) is 2. The lowest BCUT2D eigenvalue weighted by Gasteiger charge is -2.40. The Hall–Kier alpha value is -0.0900. The standard InChI is InChI=1S/C11H21BrN2O/c1-11(2,13(3)4)8-14-7-5-6-9(12)10(14)15/h9H,5-8H2,1-4H3. The molecule has 88 valence electrons. The van der Waals surface area contributed by atoms with E-state index in [0.717, 1.165) is 25.9 Å². The van der Waals surface area contributed by atoms with E-state index in [1.807, 2.05) is 4.90 Å². The van der Waals surface area contributed by atoms with Gasteiger partial charge in [0.05, 0.1) is 4.83 Å². The van der Waals surface area contributed by atoms with Gasteiger partial charge in [-0.25, -0.2) is 0 Å². The van der Waals surface area contributed by atoms with Crippen LogP contribution in [0.25, 0.3) is 0 Å². The zero-order chi connectivity index (χ0) is 11.6. The molecular weight excluding hydrogens is 256 g/mol. The molecule has 0 radical (unpaired) electrons. The van der Waals surface area contributed by atoms with Crippen molar-refractivity contribution in [2.45, 2.75) is 37.1 Å². The number of rotatable bonds is 3. The van der Waals surface area contributed by atoms with Gasteiger partial charge in [-0.15, -0.1) is 0 Å². The number of carbonyl (C=O) groups excluding carboxylic acids is 1. The van der Waals surface area contributed by atoms with Crippen LogP contribution in [0.2, 0.25) is 0 Å². The Balaban J connectivity index is 2.61. The first kappa shape index (κ1) is 13.0. The van der Waals surface area contributed by atoms with E-state index in [-0.39, 0.29) is 16.3 Å². The summed E-state index contributed by atoms with van der Waals surface area (Å²) in [7, 11) is 4.11. The third-order valence-corrected chi connectivity index (χ3v) is 4.10. The van der Waals surface area contributed by atoms with Crippen LogP contribution in [0, 0.1) is 0 Å². The molecule has 1 amide bonds. The van der Waals surface area contributed by atoms with Gasteiger partial charge in [0, 0.05) is 18.6 Å². The molecule has 0 bridgehead atoms. The van der Waals surface area contributed by atoms with Crippen molar-refractivity contribution in [3.63, 3.8) is 0 Å². The van der Waals surface area contributed by atoms with Gasteiger partial charge in [-0.2, -0.15) is 0 Å². The van der Waals surface area contributed by atoms with E-state index in [1.54, 1.807) is 0 Å². The van der Waals surface area contributed by atoms with E-state index < -0.39 is 0 Å². The Labute approximate surface area is 101 Å². The Bertz CT molecular complexity index is 241. The van der Waals surface area contributed by atoms with Crippen LogP contribution in [0.1, 0.15) is 26.7 Å². The topological polar surface area (TPSA) is 23.6 Å². The number of likely N-dealkylation sites (tertiary alicyclic amines) is 1. The van der Waals surface area contributed by atoms with Crippen molar-refractivity contribution in [1.29, 1.82) is 0 Å². The second-order valence-electron chi connectivity index (χ2n) is 5.08. The normalized spacial score (nSPS) is 23.7. The molecular formula is C11H21BrN2O. The van der Waals surface area contributed by atoms with Crippen molar-refractivity contribution in [2.75, 3.05) is 27.2 Å². The van der Waals surface area contributed by atoms with Gasteiger partial charge in [-0.1, -0.05) is 15.9 Å². The van der Waals surface area contributed by atoms with Crippen LogP contribution in [0.3, 0.4) is 0 Å². The summed E-state index contributed by atoms with van der Waals surface area (Å²) in [6, 6.07) is 0. The lowest BCUT2D eigenvalue weighted by molar-refractivity contribution is -0.134. The maximum absolute atomic E-state index is 11.9. The van der Waals surface area contributed by atoms with Crippen LogP contribution in [0.15, 0.2) is 0 Å². The van der Waals surface area contributed by atoms with E-state index in [2.05, 4.69) is 48.8 Å². The third kappa shape index (κ3) is 3.18.